The van der Waals surface area contributed by atoms with Crippen LogP contribution in [0.3, 0.4) is 0 Å². The molecule has 5 nitrogen and oxygen atoms in total. The number of nitrogens with zero attached hydrogens (tertiary/aromatic N) is 2. The van der Waals surface area contributed by atoms with E-state index >= 15 is 0 Å². The van der Waals surface area contributed by atoms with E-state index < -0.39 is 0 Å². The van der Waals surface area contributed by atoms with Gasteiger partial charge < -0.3 is 4.90 Å². The van der Waals surface area contributed by atoms with E-state index in [0.29, 0.717) is 26.2 Å². The predicted octanol–water partition coefficient (Wildman–Crippen LogP) is 2.16. The maximum atomic E-state index is 12.9. The summed E-state index contributed by atoms with van der Waals surface area (Å²) in [6.07, 6.45) is 3.79. The minimum absolute atomic E-state index is 0.00557. The first-order valence-electron chi connectivity index (χ1n) is 8.60. The maximum Gasteiger partial charge on any atom is 0.251 e. The number of likely N-dealkylation sites (tertiary alicyclic amines) is 1. The monoisotopic (exact) mass is 334 g/mol. The van der Waals surface area contributed by atoms with Crippen LogP contribution in [0.2, 0.25) is 0 Å². The van der Waals surface area contributed by atoms with Gasteiger partial charge in [-0.3, -0.25) is 14.4 Å². The van der Waals surface area contributed by atoms with E-state index in [-0.39, 0.29) is 30.0 Å². The van der Waals surface area contributed by atoms with Gasteiger partial charge in [-0.05, 0) is 43.4 Å². The highest BCUT2D eigenvalue weighted by atomic mass is 19.1. The Morgan fingerprint density at radius 2 is 1.92 bits per heavy atom. The summed E-state index contributed by atoms with van der Waals surface area (Å²) in [6.45, 7) is 2.34. The highest BCUT2D eigenvalue weighted by molar-refractivity contribution is 5.82. The number of rotatable bonds is 3. The fourth-order valence-electron chi connectivity index (χ4n) is 3.27. The van der Waals surface area contributed by atoms with Gasteiger partial charge in [-0.25, -0.2) is 9.45 Å². The number of hydrogen-bond donors (Lipinski definition) is 0. The molecule has 0 aromatic heterocycles. The van der Waals surface area contributed by atoms with Gasteiger partial charge in [-0.1, -0.05) is 12.1 Å². The zero-order valence-corrected chi connectivity index (χ0v) is 13.7. The van der Waals surface area contributed by atoms with Gasteiger partial charge in [0.1, 0.15) is 5.82 Å². The minimum atomic E-state index is -0.309. The maximum absolute atomic E-state index is 12.9. The summed E-state index contributed by atoms with van der Waals surface area (Å²) in [5.41, 5.74) is 0.786. The first kappa shape index (κ1) is 16.9. The van der Waals surface area contributed by atoms with Crippen LogP contribution in [-0.4, -0.2) is 48.0 Å². The molecule has 2 amide bonds. The predicted molar refractivity (Wildman–Crippen MR) is 86.3 cm³/mol. The lowest BCUT2D eigenvalue weighted by molar-refractivity contribution is -0.202. The molecule has 2 fully saturated rings. The SMILES string of the molecule is O=C(Cc1ccc(F)cc1)N1CCC[C@H](C(=O)N2CCCCO2)C1. The molecule has 1 aromatic carbocycles. The van der Waals surface area contributed by atoms with Gasteiger partial charge in [0.2, 0.25) is 5.91 Å². The molecule has 6 heteroatoms. The molecule has 0 N–H and O–H groups in total. The number of hydroxylamine groups is 2. The lowest BCUT2D eigenvalue weighted by Gasteiger charge is -2.35. The second kappa shape index (κ2) is 7.75. The second-order valence-electron chi connectivity index (χ2n) is 6.46. The van der Waals surface area contributed by atoms with Crippen molar-refractivity contribution in [2.75, 3.05) is 26.2 Å². The van der Waals surface area contributed by atoms with Crippen molar-refractivity contribution in [2.45, 2.75) is 32.1 Å². The van der Waals surface area contributed by atoms with Gasteiger partial charge in [0.05, 0.1) is 18.9 Å². The lowest BCUT2D eigenvalue weighted by atomic mass is 9.96. The summed E-state index contributed by atoms with van der Waals surface area (Å²) in [5, 5.41) is 1.47. The lowest BCUT2D eigenvalue weighted by Crippen LogP contribution is -2.48. The van der Waals surface area contributed by atoms with Crippen molar-refractivity contribution in [3.05, 3.63) is 35.6 Å². The average Bonchev–Trinajstić information content (AvgIpc) is 2.64. The van der Waals surface area contributed by atoms with Crippen LogP contribution in [0.25, 0.3) is 0 Å². The molecular weight excluding hydrogens is 311 g/mol. The van der Waals surface area contributed by atoms with Crippen LogP contribution in [0.5, 0.6) is 0 Å². The van der Waals surface area contributed by atoms with E-state index in [9.17, 15) is 14.0 Å². The van der Waals surface area contributed by atoms with Gasteiger partial charge in [0, 0.05) is 19.6 Å². The normalized spacial score (nSPS) is 21.6. The number of carbonyl (C=O) groups is 2. The minimum Gasteiger partial charge on any atom is -0.342 e. The van der Waals surface area contributed by atoms with Crippen LogP contribution in [0, 0.1) is 11.7 Å². The van der Waals surface area contributed by atoms with Crippen molar-refractivity contribution >= 4 is 11.8 Å². The van der Waals surface area contributed by atoms with Crippen molar-refractivity contribution < 1.29 is 18.8 Å². The summed E-state index contributed by atoms with van der Waals surface area (Å²) in [5.74, 6) is -0.516. The molecule has 2 heterocycles. The molecule has 0 radical (unpaired) electrons. The van der Waals surface area contributed by atoms with Crippen LogP contribution < -0.4 is 0 Å². The van der Waals surface area contributed by atoms with Gasteiger partial charge in [-0.2, -0.15) is 0 Å². The molecule has 3 rings (SSSR count). The summed E-state index contributed by atoms with van der Waals surface area (Å²) < 4.78 is 12.9. The standard InChI is InChI=1S/C18H23FN2O3/c19-16-7-5-14(6-8-16)12-17(22)20-9-3-4-15(13-20)18(23)21-10-1-2-11-24-21/h5-8,15H,1-4,9-13H2/t15-/m0/s1. The number of amides is 2. The smallest absolute Gasteiger partial charge is 0.251 e. The largest absolute Gasteiger partial charge is 0.342 e. The van der Waals surface area contributed by atoms with E-state index in [1.807, 2.05) is 0 Å². The Morgan fingerprint density at radius 1 is 1.12 bits per heavy atom. The molecule has 1 atom stereocenters. The topological polar surface area (TPSA) is 49.9 Å². The van der Waals surface area contributed by atoms with E-state index in [0.717, 1.165) is 31.2 Å². The summed E-state index contributed by atoms with van der Waals surface area (Å²) in [6, 6.07) is 5.97. The quantitative estimate of drug-likeness (QED) is 0.851. The number of halogens is 1. The molecule has 0 saturated carbocycles. The van der Waals surface area contributed by atoms with Crippen LogP contribution in [-0.2, 0) is 20.8 Å². The molecule has 2 saturated heterocycles. The number of carbonyl (C=O) groups excluding carboxylic acids is 2. The second-order valence-corrected chi connectivity index (χ2v) is 6.46. The molecule has 2 aliphatic heterocycles. The summed E-state index contributed by atoms with van der Waals surface area (Å²) >= 11 is 0. The molecule has 130 valence electrons. The highest BCUT2D eigenvalue weighted by Gasteiger charge is 2.32. The van der Waals surface area contributed by atoms with Crippen molar-refractivity contribution in [3.8, 4) is 0 Å². The molecule has 0 unspecified atom stereocenters. The molecule has 2 aliphatic rings. The van der Waals surface area contributed by atoms with Crippen molar-refractivity contribution in [1.29, 1.82) is 0 Å². The number of hydrogen-bond acceptors (Lipinski definition) is 3. The first-order chi connectivity index (χ1) is 11.6. The molecule has 0 spiro atoms. The third-order valence-electron chi connectivity index (χ3n) is 4.64. The van der Waals surface area contributed by atoms with Gasteiger partial charge in [0.15, 0.2) is 0 Å². The highest BCUT2D eigenvalue weighted by Crippen LogP contribution is 2.21. The van der Waals surface area contributed by atoms with E-state index in [1.165, 1.54) is 17.2 Å². The van der Waals surface area contributed by atoms with Crippen molar-refractivity contribution in [1.82, 2.24) is 9.96 Å². The fraction of sp³-hybridized carbons (Fsp3) is 0.556. The zero-order chi connectivity index (χ0) is 16.9. The van der Waals surface area contributed by atoms with Crippen molar-refractivity contribution in [3.63, 3.8) is 0 Å². The van der Waals surface area contributed by atoms with Gasteiger partial charge in [-0.15, -0.1) is 0 Å². The Kier molecular flexibility index (Phi) is 5.45. The van der Waals surface area contributed by atoms with Gasteiger partial charge in [0.25, 0.3) is 5.91 Å². The Bertz CT molecular complexity index is 584. The average molecular weight is 334 g/mol. The molecule has 1 aromatic rings. The van der Waals surface area contributed by atoms with Crippen LogP contribution in [0.15, 0.2) is 24.3 Å². The summed E-state index contributed by atoms with van der Waals surface area (Å²) in [4.78, 5) is 32.2. The molecular formula is C18H23FN2O3. The molecule has 0 aliphatic carbocycles. The number of piperidine rings is 1. The Balaban J connectivity index is 1.57. The fourth-order valence-corrected chi connectivity index (χ4v) is 3.27. The Labute approximate surface area is 141 Å². The number of benzene rings is 1. The Morgan fingerprint density at radius 3 is 2.62 bits per heavy atom. The van der Waals surface area contributed by atoms with Crippen molar-refractivity contribution in [2.24, 2.45) is 5.92 Å². The van der Waals surface area contributed by atoms with Crippen LogP contribution >= 0.6 is 0 Å². The van der Waals surface area contributed by atoms with Gasteiger partial charge >= 0.3 is 0 Å². The summed E-state index contributed by atoms with van der Waals surface area (Å²) in [7, 11) is 0. The Hall–Kier alpha value is -1.95. The van der Waals surface area contributed by atoms with E-state index in [1.54, 1.807) is 17.0 Å². The third-order valence-corrected chi connectivity index (χ3v) is 4.64. The van der Waals surface area contributed by atoms with Crippen LogP contribution in [0.1, 0.15) is 31.2 Å². The van der Waals surface area contributed by atoms with E-state index in [4.69, 9.17) is 4.84 Å². The van der Waals surface area contributed by atoms with Crippen LogP contribution in [0.4, 0.5) is 4.39 Å². The first-order valence-corrected chi connectivity index (χ1v) is 8.60. The zero-order valence-electron chi connectivity index (χ0n) is 13.7. The molecule has 24 heavy (non-hydrogen) atoms. The molecule has 0 bridgehead atoms. The third kappa shape index (κ3) is 4.12. The van der Waals surface area contributed by atoms with E-state index in [2.05, 4.69) is 0 Å².